The normalized spacial score (nSPS) is 10.0. The number of hydrogen-bond acceptors (Lipinski definition) is 2. The van der Waals surface area contributed by atoms with E-state index in [1.54, 1.807) is 20.2 Å². The van der Waals surface area contributed by atoms with Crippen molar-refractivity contribution in [2.75, 3.05) is 20.7 Å². The third-order valence-corrected chi connectivity index (χ3v) is 1.87. The Kier molecular flexibility index (Phi) is 3.58. The number of phenols is 1. The number of benzene rings is 1. The molecule has 13 heavy (non-hydrogen) atoms. The van der Waals surface area contributed by atoms with Crippen LogP contribution in [0, 0.1) is 0 Å². The topological polar surface area (TPSA) is 43.6 Å². The summed E-state index contributed by atoms with van der Waals surface area (Å²) in [5.41, 5.74) is 1.13. The fourth-order valence-corrected chi connectivity index (χ4v) is 1.12. The van der Waals surface area contributed by atoms with E-state index in [0.717, 1.165) is 18.5 Å². The average Bonchev–Trinajstić information content (AvgIpc) is 2.16. The average molecular weight is 180 g/mol. The zero-order valence-electron chi connectivity index (χ0n) is 7.95. The van der Waals surface area contributed by atoms with Crippen molar-refractivity contribution >= 4 is 0 Å². The molecule has 0 heterocycles. The third kappa shape index (κ3) is 2.63. The van der Waals surface area contributed by atoms with E-state index in [1.807, 2.05) is 12.1 Å². The van der Waals surface area contributed by atoms with Crippen LogP contribution in [0.3, 0.4) is 0 Å². The summed E-state index contributed by atoms with van der Waals surface area (Å²) in [6.45, 7) is 0.800. The number of hydrogen-bond donors (Lipinski definition) is 1. The van der Waals surface area contributed by atoms with Crippen LogP contribution in [0.4, 0.5) is 0 Å². The van der Waals surface area contributed by atoms with Gasteiger partial charge in [0, 0.05) is 0 Å². The van der Waals surface area contributed by atoms with Crippen LogP contribution in [0.2, 0.25) is 0 Å². The Bertz CT molecular complexity index is 274. The quantitative estimate of drug-likeness (QED) is 0.769. The highest BCUT2D eigenvalue weighted by Crippen LogP contribution is 2.26. The standard InChI is InChI=1S/C10H14NO2/c1-11-6-5-8-3-4-9(12)10(7-8)13-2/h3-4,7,12H,5-6H2,1-2H3/q-1. The molecule has 72 valence electrons. The number of phenolic OH excluding ortho intramolecular Hbond substituents is 1. The lowest BCUT2D eigenvalue weighted by atomic mass is 10.1. The van der Waals surface area contributed by atoms with Crippen LogP contribution >= 0.6 is 0 Å². The Labute approximate surface area is 78.3 Å². The summed E-state index contributed by atoms with van der Waals surface area (Å²) in [7, 11) is 3.33. The van der Waals surface area contributed by atoms with Crippen molar-refractivity contribution < 1.29 is 9.84 Å². The maximum absolute atomic E-state index is 9.31. The monoisotopic (exact) mass is 180 g/mol. The van der Waals surface area contributed by atoms with Gasteiger partial charge in [-0.15, -0.1) is 6.54 Å². The molecule has 0 aliphatic heterocycles. The second kappa shape index (κ2) is 4.72. The first kappa shape index (κ1) is 9.86. The first-order chi connectivity index (χ1) is 6.27. The maximum atomic E-state index is 9.31. The molecule has 0 saturated heterocycles. The second-order valence-electron chi connectivity index (χ2n) is 2.80. The molecule has 1 rings (SSSR count). The molecule has 0 aliphatic rings. The van der Waals surface area contributed by atoms with E-state index in [1.165, 1.54) is 0 Å². The largest absolute Gasteiger partial charge is 0.665 e. The van der Waals surface area contributed by atoms with Gasteiger partial charge in [0.05, 0.1) is 7.11 Å². The Morgan fingerprint density at radius 2 is 2.23 bits per heavy atom. The lowest BCUT2D eigenvalue weighted by Crippen LogP contribution is -1.91. The van der Waals surface area contributed by atoms with Crippen LogP contribution in [0.15, 0.2) is 18.2 Å². The molecule has 0 unspecified atom stereocenters. The molecule has 0 radical (unpaired) electrons. The maximum Gasteiger partial charge on any atom is 0.160 e. The van der Waals surface area contributed by atoms with Crippen LogP contribution in [0.1, 0.15) is 5.56 Å². The molecule has 1 aromatic carbocycles. The van der Waals surface area contributed by atoms with Gasteiger partial charge in [-0.2, -0.15) is 7.05 Å². The van der Waals surface area contributed by atoms with Gasteiger partial charge in [-0.25, -0.2) is 0 Å². The summed E-state index contributed by atoms with van der Waals surface area (Å²) < 4.78 is 4.98. The minimum atomic E-state index is 0.180. The lowest BCUT2D eigenvalue weighted by molar-refractivity contribution is 0.373. The molecule has 0 atom stereocenters. The summed E-state index contributed by atoms with van der Waals surface area (Å²) in [6.07, 6.45) is 0.882. The van der Waals surface area contributed by atoms with Crippen molar-refractivity contribution in [3.8, 4) is 11.5 Å². The second-order valence-corrected chi connectivity index (χ2v) is 2.80. The van der Waals surface area contributed by atoms with Crippen molar-refractivity contribution in [3.05, 3.63) is 29.1 Å². The number of methoxy groups -OCH3 is 1. The highest BCUT2D eigenvalue weighted by Gasteiger charge is 2.00. The molecule has 3 nitrogen and oxygen atoms in total. The van der Waals surface area contributed by atoms with Crippen molar-refractivity contribution in [1.29, 1.82) is 0 Å². The predicted octanol–water partition coefficient (Wildman–Crippen LogP) is 1.95. The van der Waals surface area contributed by atoms with Crippen molar-refractivity contribution in [2.24, 2.45) is 0 Å². The molecular formula is C10H14NO2-. The molecule has 0 bridgehead atoms. The fraction of sp³-hybridized carbons (Fsp3) is 0.400. The zero-order valence-corrected chi connectivity index (χ0v) is 7.95. The Morgan fingerprint density at radius 1 is 1.46 bits per heavy atom. The van der Waals surface area contributed by atoms with Crippen molar-refractivity contribution in [3.63, 3.8) is 0 Å². The van der Waals surface area contributed by atoms with E-state index in [4.69, 9.17) is 4.74 Å². The highest BCUT2D eigenvalue weighted by atomic mass is 16.5. The molecule has 1 aromatic rings. The molecule has 3 heteroatoms. The minimum absolute atomic E-state index is 0.180. The summed E-state index contributed by atoms with van der Waals surface area (Å²) >= 11 is 0. The number of ether oxygens (including phenoxy) is 1. The van der Waals surface area contributed by atoms with Gasteiger partial charge in [0.25, 0.3) is 0 Å². The minimum Gasteiger partial charge on any atom is -0.665 e. The van der Waals surface area contributed by atoms with E-state index in [-0.39, 0.29) is 5.75 Å². The summed E-state index contributed by atoms with van der Waals surface area (Å²) in [6, 6.07) is 5.35. The SMILES string of the molecule is C[N-]CCc1ccc(O)c(OC)c1. The van der Waals surface area contributed by atoms with E-state index in [0.29, 0.717) is 5.75 Å². The first-order valence-electron chi connectivity index (χ1n) is 4.19. The Balaban J connectivity index is 2.74. The first-order valence-corrected chi connectivity index (χ1v) is 4.19. The van der Waals surface area contributed by atoms with Crippen LogP contribution in [-0.2, 0) is 6.42 Å². The van der Waals surface area contributed by atoms with E-state index in [9.17, 15) is 5.11 Å². The number of aromatic hydroxyl groups is 1. The fourth-order valence-electron chi connectivity index (χ4n) is 1.12. The van der Waals surface area contributed by atoms with Gasteiger partial charge in [-0.1, -0.05) is 6.07 Å². The van der Waals surface area contributed by atoms with Crippen molar-refractivity contribution in [1.82, 2.24) is 0 Å². The molecule has 0 aromatic heterocycles. The Morgan fingerprint density at radius 3 is 2.85 bits per heavy atom. The van der Waals surface area contributed by atoms with Gasteiger partial charge < -0.3 is 15.2 Å². The van der Waals surface area contributed by atoms with Crippen LogP contribution in [-0.4, -0.2) is 25.8 Å². The molecule has 1 N–H and O–H groups in total. The number of rotatable bonds is 4. The summed E-state index contributed by atoms with van der Waals surface area (Å²) in [5.74, 6) is 0.702. The molecule has 0 aliphatic carbocycles. The van der Waals surface area contributed by atoms with Gasteiger partial charge in [-0.05, 0) is 24.1 Å². The van der Waals surface area contributed by atoms with E-state index >= 15 is 0 Å². The van der Waals surface area contributed by atoms with Gasteiger partial charge in [0.1, 0.15) is 0 Å². The van der Waals surface area contributed by atoms with E-state index < -0.39 is 0 Å². The molecule has 0 amide bonds. The van der Waals surface area contributed by atoms with Gasteiger partial charge in [0.2, 0.25) is 0 Å². The van der Waals surface area contributed by atoms with Crippen LogP contribution in [0.25, 0.3) is 5.32 Å². The van der Waals surface area contributed by atoms with Crippen molar-refractivity contribution in [2.45, 2.75) is 6.42 Å². The molecule has 0 saturated carbocycles. The zero-order chi connectivity index (χ0) is 9.68. The molecule has 0 spiro atoms. The molecule has 0 fully saturated rings. The Hall–Kier alpha value is -1.22. The smallest absolute Gasteiger partial charge is 0.160 e. The van der Waals surface area contributed by atoms with E-state index in [2.05, 4.69) is 5.32 Å². The lowest BCUT2D eigenvalue weighted by Gasteiger charge is -2.11. The van der Waals surface area contributed by atoms with Gasteiger partial charge >= 0.3 is 0 Å². The highest BCUT2D eigenvalue weighted by molar-refractivity contribution is 5.41. The molecular weight excluding hydrogens is 166 g/mol. The van der Waals surface area contributed by atoms with Gasteiger partial charge in [0.15, 0.2) is 11.5 Å². The third-order valence-electron chi connectivity index (χ3n) is 1.87. The number of likely N-dealkylation sites (N-methyl/N-ethyl adjacent to an activating group) is 1. The number of nitrogens with zero attached hydrogens (tertiary/aromatic N) is 1. The summed E-state index contributed by atoms with van der Waals surface area (Å²) in [4.78, 5) is 0. The predicted molar refractivity (Wildman–Crippen MR) is 52.5 cm³/mol. The van der Waals surface area contributed by atoms with Crippen LogP contribution < -0.4 is 4.74 Å². The summed E-state index contributed by atoms with van der Waals surface area (Å²) in [5, 5.41) is 13.3. The van der Waals surface area contributed by atoms with Crippen LogP contribution in [0.5, 0.6) is 11.5 Å². The van der Waals surface area contributed by atoms with Gasteiger partial charge in [-0.3, -0.25) is 0 Å².